The molecule has 5 heteroatoms. The molecule has 1 aromatic rings. The summed E-state index contributed by atoms with van der Waals surface area (Å²) in [5, 5.41) is 12.1. The lowest BCUT2D eigenvalue weighted by atomic mass is 10.2. The van der Waals surface area contributed by atoms with Gasteiger partial charge in [-0.1, -0.05) is 0 Å². The fraction of sp³-hybridized carbons (Fsp3) is 0.400. The predicted octanol–water partition coefficient (Wildman–Crippen LogP) is 1.85. The average molecular weight is 234 g/mol. The molecule has 3 nitrogen and oxygen atoms in total. The predicted molar refractivity (Wildman–Crippen MR) is 58.2 cm³/mol. The number of nitrogens with one attached hydrogen (secondary N) is 1. The second-order valence-electron chi connectivity index (χ2n) is 3.04. The number of methoxy groups -OCH3 is 1. The number of hydrogen-bond acceptors (Lipinski definition) is 3. The molecule has 0 heterocycles. The molecule has 0 aliphatic rings. The van der Waals surface area contributed by atoms with Gasteiger partial charge in [-0.15, -0.1) is 11.6 Å². The molecule has 1 rings (SSSR count). The first-order valence-electron chi connectivity index (χ1n) is 4.48. The molecule has 0 aromatic heterocycles. The van der Waals surface area contributed by atoms with Gasteiger partial charge in [-0.3, -0.25) is 0 Å². The summed E-state index contributed by atoms with van der Waals surface area (Å²) in [4.78, 5) is 0. The van der Waals surface area contributed by atoms with Gasteiger partial charge in [0.15, 0.2) is 11.6 Å². The van der Waals surface area contributed by atoms with Gasteiger partial charge in [-0.25, -0.2) is 4.39 Å². The van der Waals surface area contributed by atoms with Crippen molar-refractivity contribution in [3.8, 4) is 5.75 Å². The summed E-state index contributed by atoms with van der Waals surface area (Å²) in [7, 11) is 1.40. The number of ether oxygens (including phenoxy) is 1. The second kappa shape index (κ2) is 5.78. The van der Waals surface area contributed by atoms with Crippen LogP contribution in [0.15, 0.2) is 18.2 Å². The Morgan fingerprint density at radius 2 is 2.33 bits per heavy atom. The van der Waals surface area contributed by atoms with E-state index in [0.29, 0.717) is 12.2 Å². The highest BCUT2D eigenvalue weighted by atomic mass is 35.5. The maximum Gasteiger partial charge on any atom is 0.165 e. The molecule has 0 radical (unpaired) electrons. The van der Waals surface area contributed by atoms with Gasteiger partial charge in [0.1, 0.15) is 0 Å². The number of aliphatic hydroxyl groups excluding tert-OH is 1. The Bertz CT molecular complexity index is 322. The van der Waals surface area contributed by atoms with Gasteiger partial charge >= 0.3 is 0 Å². The quantitative estimate of drug-likeness (QED) is 0.763. The van der Waals surface area contributed by atoms with Crippen LogP contribution in [0.2, 0.25) is 0 Å². The molecule has 1 atom stereocenters. The number of anilines is 1. The number of halogens is 2. The Labute approximate surface area is 92.8 Å². The van der Waals surface area contributed by atoms with Crippen LogP contribution in [0.25, 0.3) is 0 Å². The Morgan fingerprint density at radius 1 is 1.60 bits per heavy atom. The highest BCUT2D eigenvalue weighted by molar-refractivity contribution is 6.18. The van der Waals surface area contributed by atoms with Crippen LogP contribution in [-0.4, -0.2) is 30.7 Å². The van der Waals surface area contributed by atoms with Crippen LogP contribution in [0.1, 0.15) is 0 Å². The molecular formula is C10H13ClFNO2. The molecule has 0 saturated carbocycles. The third-order valence-corrected chi connectivity index (χ3v) is 2.23. The lowest BCUT2D eigenvalue weighted by Crippen LogP contribution is -2.20. The summed E-state index contributed by atoms with van der Waals surface area (Å²) in [6, 6.07) is 4.39. The number of rotatable bonds is 5. The molecular weight excluding hydrogens is 221 g/mol. The summed E-state index contributed by atoms with van der Waals surface area (Å²) in [5.41, 5.74) is 0.678. The van der Waals surface area contributed by atoms with Crippen LogP contribution in [0.4, 0.5) is 10.1 Å². The number of alkyl halides is 1. The van der Waals surface area contributed by atoms with E-state index in [1.165, 1.54) is 19.2 Å². The highest BCUT2D eigenvalue weighted by Gasteiger charge is 2.05. The summed E-state index contributed by atoms with van der Waals surface area (Å²) in [6.45, 7) is 0.318. The van der Waals surface area contributed by atoms with E-state index in [2.05, 4.69) is 5.32 Å². The summed E-state index contributed by atoms with van der Waals surface area (Å²) in [5.74, 6) is -0.0907. The topological polar surface area (TPSA) is 41.5 Å². The molecule has 0 saturated heterocycles. The molecule has 1 aromatic carbocycles. The van der Waals surface area contributed by atoms with Gasteiger partial charge in [0.05, 0.1) is 19.1 Å². The van der Waals surface area contributed by atoms with Crippen molar-refractivity contribution in [3.05, 3.63) is 24.0 Å². The van der Waals surface area contributed by atoms with Gasteiger partial charge in [-0.2, -0.15) is 0 Å². The third kappa shape index (κ3) is 3.57. The first kappa shape index (κ1) is 12.1. The van der Waals surface area contributed by atoms with Crippen LogP contribution in [0.3, 0.4) is 0 Å². The lowest BCUT2D eigenvalue weighted by Gasteiger charge is -2.11. The minimum Gasteiger partial charge on any atom is -0.494 e. The zero-order valence-corrected chi connectivity index (χ0v) is 9.09. The van der Waals surface area contributed by atoms with Crippen molar-refractivity contribution in [2.45, 2.75) is 6.10 Å². The van der Waals surface area contributed by atoms with E-state index in [0.717, 1.165) is 0 Å². The Hall–Kier alpha value is -1.00. The molecule has 0 aliphatic carbocycles. The van der Waals surface area contributed by atoms with E-state index in [1.807, 2.05) is 0 Å². The lowest BCUT2D eigenvalue weighted by molar-refractivity contribution is 0.211. The molecule has 2 N–H and O–H groups in total. The van der Waals surface area contributed by atoms with Crippen molar-refractivity contribution in [2.24, 2.45) is 0 Å². The summed E-state index contributed by atoms with van der Waals surface area (Å²) >= 11 is 5.43. The number of benzene rings is 1. The van der Waals surface area contributed by atoms with Crippen molar-refractivity contribution in [1.29, 1.82) is 0 Å². The van der Waals surface area contributed by atoms with Gasteiger partial charge in [0.25, 0.3) is 0 Å². The van der Waals surface area contributed by atoms with Crippen molar-refractivity contribution < 1.29 is 14.2 Å². The monoisotopic (exact) mass is 233 g/mol. The van der Waals surface area contributed by atoms with E-state index in [1.54, 1.807) is 6.07 Å². The minimum atomic E-state index is -0.622. The van der Waals surface area contributed by atoms with Gasteiger partial charge in [0.2, 0.25) is 0 Å². The van der Waals surface area contributed by atoms with Gasteiger partial charge < -0.3 is 15.2 Å². The molecule has 0 fully saturated rings. The molecule has 0 bridgehead atoms. The zero-order chi connectivity index (χ0) is 11.3. The van der Waals surface area contributed by atoms with Gasteiger partial charge in [-0.05, 0) is 12.1 Å². The summed E-state index contributed by atoms with van der Waals surface area (Å²) in [6.07, 6.45) is -0.622. The van der Waals surface area contributed by atoms with E-state index in [9.17, 15) is 9.50 Å². The highest BCUT2D eigenvalue weighted by Crippen LogP contribution is 2.21. The Morgan fingerprint density at radius 3 is 2.93 bits per heavy atom. The van der Waals surface area contributed by atoms with Crippen molar-refractivity contribution in [3.63, 3.8) is 0 Å². The number of aliphatic hydroxyl groups is 1. The van der Waals surface area contributed by atoms with Crippen molar-refractivity contribution in [2.75, 3.05) is 24.9 Å². The first-order chi connectivity index (χ1) is 7.17. The van der Waals surface area contributed by atoms with E-state index >= 15 is 0 Å². The van der Waals surface area contributed by atoms with Gasteiger partial charge in [0, 0.05) is 18.3 Å². The van der Waals surface area contributed by atoms with Crippen molar-refractivity contribution >= 4 is 17.3 Å². The van der Waals surface area contributed by atoms with Crippen LogP contribution < -0.4 is 10.1 Å². The average Bonchev–Trinajstić information content (AvgIpc) is 2.27. The van der Waals surface area contributed by atoms with E-state index in [4.69, 9.17) is 16.3 Å². The maximum atomic E-state index is 13.0. The first-order valence-corrected chi connectivity index (χ1v) is 5.02. The molecule has 0 spiro atoms. The molecule has 0 amide bonds. The molecule has 84 valence electrons. The zero-order valence-electron chi connectivity index (χ0n) is 8.34. The van der Waals surface area contributed by atoms with Crippen LogP contribution >= 0.6 is 11.6 Å². The normalized spacial score (nSPS) is 12.3. The maximum absolute atomic E-state index is 13.0. The van der Waals surface area contributed by atoms with Crippen molar-refractivity contribution in [1.82, 2.24) is 0 Å². The van der Waals surface area contributed by atoms with Crippen LogP contribution in [0.5, 0.6) is 5.75 Å². The standard InChI is InChI=1S/C10H13ClFNO2/c1-15-10-4-7(2-3-9(10)12)13-6-8(14)5-11/h2-4,8,13-14H,5-6H2,1H3. The largest absolute Gasteiger partial charge is 0.494 e. The fourth-order valence-corrected chi connectivity index (χ4v) is 1.17. The van der Waals surface area contributed by atoms with Crippen LogP contribution in [-0.2, 0) is 0 Å². The Balaban J connectivity index is 2.62. The molecule has 1 unspecified atom stereocenters. The van der Waals surface area contributed by atoms with E-state index in [-0.39, 0.29) is 11.6 Å². The molecule has 0 aliphatic heterocycles. The summed E-state index contributed by atoms with van der Waals surface area (Å²) < 4.78 is 17.8. The fourth-order valence-electron chi connectivity index (χ4n) is 1.06. The second-order valence-corrected chi connectivity index (χ2v) is 3.35. The SMILES string of the molecule is COc1cc(NCC(O)CCl)ccc1F. The minimum absolute atomic E-state index is 0.158. The Kier molecular flexibility index (Phi) is 4.65. The van der Waals surface area contributed by atoms with Crippen LogP contribution in [0, 0.1) is 5.82 Å². The molecule has 15 heavy (non-hydrogen) atoms. The third-order valence-electron chi connectivity index (χ3n) is 1.87. The van der Waals surface area contributed by atoms with E-state index < -0.39 is 11.9 Å². The number of hydrogen-bond donors (Lipinski definition) is 2. The smallest absolute Gasteiger partial charge is 0.165 e.